The van der Waals surface area contributed by atoms with E-state index in [0.717, 1.165) is 0 Å². The van der Waals surface area contributed by atoms with Gasteiger partial charge in [0.05, 0.1) is 13.5 Å². The predicted molar refractivity (Wildman–Crippen MR) is 59.9 cm³/mol. The van der Waals surface area contributed by atoms with E-state index in [4.69, 9.17) is 9.84 Å². The molecule has 0 amide bonds. The predicted octanol–water partition coefficient (Wildman–Crippen LogP) is 2.43. The third kappa shape index (κ3) is 2.52. The van der Waals surface area contributed by atoms with E-state index in [1.54, 1.807) is 0 Å². The molecule has 2 N–H and O–H groups in total. The Morgan fingerprint density at radius 1 is 1.44 bits per heavy atom. The van der Waals surface area contributed by atoms with Gasteiger partial charge in [0.1, 0.15) is 0 Å². The highest BCUT2D eigenvalue weighted by atomic mass is 19.2. The second kappa shape index (κ2) is 4.80. The van der Waals surface area contributed by atoms with Gasteiger partial charge in [-0.2, -0.15) is 0 Å². The number of benzene rings is 1. The molecule has 0 aromatic heterocycles. The van der Waals surface area contributed by atoms with Crippen molar-refractivity contribution in [2.75, 3.05) is 7.11 Å². The van der Waals surface area contributed by atoms with Crippen molar-refractivity contribution in [1.29, 1.82) is 0 Å². The molecule has 0 saturated carbocycles. The van der Waals surface area contributed by atoms with Crippen LogP contribution in [0.25, 0.3) is 0 Å². The van der Waals surface area contributed by atoms with Crippen LogP contribution in [0.5, 0.6) is 11.5 Å². The van der Waals surface area contributed by atoms with Crippen LogP contribution in [-0.2, 0) is 10.2 Å². The number of carboxylic acids is 1. The molecule has 0 aliphatic carbocycles. The number of rotatable bonds is 4. The fourth-order valence-electron chi connectivity index (χ4n) is 1.83. The molecule has 1 aromatic rings. The molecule has 0 fully saturated rings. The van der Waals surface area contributed by atoms with Crippen LogP contribution in [0.1, 0.15) is 25.8 Å². The van der Waals surface area contributed by atoms with Crippen LogP contribution in [0.3, 0.4) is 0 Å². The first-order valence-corrected chi connectivity index (χ1v) is 5.18. The highest BCUT2D eigenvalue weighted by molar-refractivity contribution is 5.69. The Kier molecular flexibility index (Phi) is 3.79. The normalized spacial score (nSPS) is 11.4. The Hall–Kier alpha value is -1.85. The third-order valence-corrected chi connectivity index (χ3v) is 2.65. The number of phenols is 1. The first-order chi connectivity index (χ1) is 8.20. The first kappa shape index (κ1) is 14.2. The SMILES string of the molecule is COc1cc(F)c(F)c(C(C)(C)CC(=O)O)c1O. The van der Waals surface area contributed by atoms with Gasteiger partial charge in [0.15, 0.2) is 23.1 Å². The summed E-state index contributed by atoms with van der Waals surface area (Å²) in [6.07, 6.45) is -0.454. The number of hydrogen-bond acceptors (Lipinski definition) is 3. The van der Waals surface area contributed by atoms with Crippen molar-refractivity contribution < 1.29 is 28.5 Å². The maximum atomic E-state index is 13.7. The number of carbonyl (C=O) groups is 1. The molecule has 0 bridgehead atoms. The van der Waals surface area contributed by atoms with Crippen molar-refractivity contribution >= 4 is 5.97 Å². The second-order valence-electron chi connectivity index (χ2n) is 4.55. The molecule has 0 aliphatic rings. The zero-order valence-electron chi connectivity index (χ0n) is 10.3. The van der Waals surface area contributed by atoms with Crippen molar-refractivity contribution in [3.63, 3.8) is 0 Å². The van der Waals surface area contributed by atoms with Crippen LogP contribution in [0.15, 0.2) is 6.07 Å². The van der Waals surface area contributed by atoms with Gasteiger partial charge in [0.25, 0.3) is 0 Å². The maximum absolute atomic E-state index is 13.7. The van der Waals surface area contributed by atoms with E-state index in [9.17, 15) is 18.7 Å². The largest absolute Gasteiger partial charge is 0.504 e. The standard InChI is InChI=1S/C12H14F2O4/c1-12(2,5-8(15)16)9-10(14)6(13)4-7(18-3)11(9)17/h4,17H,5H2,1-3H3,(H,15,16). The van der Waals surface area contributed by atoms with E-state index >= 15 is 0 Å². The number of hydrogen-bond donors (Lipinski definition) is 2. The second-order valence-corrected chi connectivity index (χ2v) is 4.55. The van der Waals surface area contributed by atoms with E-state index in [1.807, 2.05) is 0 Å². The third-order valence-electron chi connectivity index (χ3n) is 2.65. The van der Waals surface area contributed by atoms with Crippen LogP contribution in [0.2, 0.25) is 0 Å². The fourth-order valence-corrected chi connectivity index (χ4v) is 1.83. The molecule has 0 atom stereocenters. The lowest BCUT2D eigenvalue weighted by Crippen LogP contribution is -2.24. The number of aliphatic carboxylic acids is 1. The number of aromatic hydroxyl groups is 1. The van der Waals surface area contributed by atoms with Gasteiger partial charge < -0.3 is 14.9 Å². The van der Waals surface area contributed by atoms with Gasteiger partial charge in [-0.15, -0.1) is 0 Å². The molecule has 0 saturated heterocycles. The molecule has 100 valence electrons. The van der Waals surface area contributed by atoms with Crippen molar-refractivity contribution in [3.8, 4) is 11.5 Å². The quantitative estimate of drug-likeness (QED) is 0.872. The van der Waals surface area contributed by atoms with Gasteiger partial charge in [-0.3, -0.25) is 4.79 Å². The minimum absolute atomic E-state index is 0.234. The lowest BCUT2D eigenvalue weighted by atomic mass is 9.80. The summed E-state index contributed by atoms with van der Waals surface area (Å²) < 4.78 is 31.8. The summed E-state index contributed by atoms with van der Waals surface area (Å²) in [6.45, 7) is 2.80. The Balaban J connectivity index is 3.47. The van der Waals surface area contributed by atoms with Crippen molar-refractivity contribution in [2.45, 2.75) is 25.7 Å². The van der Waals surface area contributed by atoms with Crippen molar-refractivity contribution in [1.82, 2.24) is 0 Å². The lowest BCUT2D eigenvalue weighted by Gasteiger charge is -2.25. The average Bonchev–Trinajstić information content (AvgIpc) is 2.21. The Bertz CT molecular complexity index is 483. The summed E-state index contributed by atoms with van der Waals surface area (Å²) in [5.74, 6) is -4.45. The summed E-state index contributed by atoms with van der Waals surface area (Å²) in [7, 11) is 1.19. The zero-order valence-corrected chi connectivity index (χ0v) is 10.3. The molecular weight excluding hydrogens is 246 g/mol. The molecule has 18 heavy (non-hydrogen) atoms. The number of ether oxygens (including phenoxy) is 1. The van der Waals surface area contributed by atoms with Crippen LogP contribution in [-0.4, -0.2) is 23.3 Å². The van der Waals surface area contributed by atoms with Crippen molar-refractivity contribution in [3.05, 3.63) is 23.3 Å². The molecule has 0 unspecified atom stereocenters. The van der Waals surface area contributed by atoms with Crippen LogP contribution >= 0.6 is 0 Å². The van der Waals surface area contributed by atoms with E-state index in [-0.39, 0.29) is 5.75 Å². The van der Waals surface area contributed by atoms with Crippen LogP contribution in [0, 0.1) is 11.6 Å². The molecule has 6 heteroatoms. The lowest BCUT2D eigenvalue weighted by molar-refractivity contribution is -0.138. The van der Waals surface area contributed by atoms with Crippen LogP contribution in [0.4, 0.5) is 8.78 Å². The van der Waals surface area contributed by atoms with Crippen LogP contribution < -0.4 is 4.74 Å². The van der Waals surface area contributed by atoms with Gasteiger partial charge in [0, 0.05) is 17.0 Å². The number of halogens is 2. The molecule has 1 aromatic carbocycles. The number of phenolic OH excluding ortho intramolecular Hbond substituents is 1. The molecule has 4 nitrogen and oxygen atoms in total. The van der Waals surface area contributed by atoms with Crippen molar-refractivity contribution in [2.24, 2.45) is 0 Å². The summed E-state index contributed by atoms with van der Waals surface area (Å²) in [5.41, 5.74) is -1.67. The molecule has 0 heterocycles. The molecule has 0 aliphatic heterocycles. The summed E-state index contributed by atoms with van der Waals surface area (Å²) >= 11 is 0. The number of methoxy groups -OCH3 is 1. The summed E-state index contributed by atoms with van der Waals surface area (Å²) in [4.78, 5) is 10.7. The Morgan fingerprint density at radius 2 is 2.00 bits per heavy atom. The zero-order chi connectivity index (χ0) is 14.1. The summed E-state index contributed by atoms with van der Waals surface area (Å²) in [6, 6.07) is 0.713. The molecule has 0 spiro atoms. The Labute approximate surface area is 103 Å². The Morgan fingerprint density at radius 3 is 2.44 bits per heavy atom. The minimum Gasteiger partial charge on any atom is -0.504 e. The maximum Gasteiger partial charge on any atom is 0.304 e. The van der Waals surface area contributed by atoms with E-state index in [2.05, 4.69) is 0 Å². The topological polar surface area (TPSA) is 66.8 Å². The first-order valence-electron chi connectivity index (χ1n) is 5.18. The van der Waals surface area contributed by atoms with Gasteiger partial charge in [-0.25, -0.2) is 8.78 Å². The molecule has 1 rings (SSSR count). The van der Waals surface area contributed by atoms with E-state index < -0.39 is 40.8 Å². The number of carboxylic acid groups (broad SMARTS) is 1. The van der Waals surface area contributed by atoms with Gasteiger partial charge in [-0.1, -0.05) is 13.8 Å². The molecule has 0 radical (unpaired) electrons. The van der Waals surface area contributed by atoms with Gasteiger partial charge in [0.2, 0.25) is 0 Å². The van der Waals surface area contributed by atoms with E-state index in [0.29, 0.717) is 6.07 Å². The highest BCUT2D eigenvalue weighted by Crippen LogP contribution is 2.42. The van der Waals surface area contributed by atoms with Gasteiger partial charge in [-0.05, 0) is 0 Å². The fraction of sp³-hybridized carbons (Fsp3) is 0.417. The van der Waals surface area contributed by atoms with Gasteiger partial charge >= 0.3 is 5.97 Å². The average molecular weight is 260 g/mol. The minimum atomic E-state index is -1.27. The summed E-state index contributed by atoms with van der Waals surface area (Å²) in [5, 5.41) is 18.6. The monoisotopic (exact) mass is 260 g/mol. The highest BCUT2D eigenvalue weighted by Gasteiger charge is 2.33. The smallest absolute Gasteiger partial charge is 0.304 e. The molecular formula is C12H14F2O4. The van der Waals surface area contributed by atoms with E-state index in [1.165, 1.54) is 21.0 Å².